The lowest BCUT2D eigenvalue weighted by Crippen LogP contribution is -2.10. The molecule has 0 saturated heterocycles. The molecular weight excluding hydrogens is 351 g/mol. The highest BCUT2D eigenvalue weighted by molar-refractivity contribution is 6.12. The normalized spacial score (nSPS) is 12.0. The molecule has 0 fully saturated rings. The number of carboxylic acids is 1. The number of benzene rings is 1. The van der Waals surface area contributed by atoms with E-state index >= 15 is 0 Å². The Balaban J connectivity index is 2.20. The molecule has 0 saturated carbocycles. The van der Waals surface area contributed by atoms with E-state index < -0.39 is 17.7 Å². The largest absolute Gasteiger partial charge is 0.481 e. The highest BCUT2D eigenvalue weighted by atomic mass is 19.4. The van der Waals surface area contributed by atoms with Crippen molar-refractivity contribution in [1.82, 2.24) is 9.97 Å². The first-order valence-corrected chi connectivity index (χ1v) is 7.72. The minimum absolute atomic E-state index is 0.0140. The summed E-state index contributed by atoms with van der Waals surface area (Å²) in [4.78, 5) is 23.3. The summed E-state index contributed by atoms with van der Waals surface area (Å²) in [6, 6.07) is 4.70. The predicted molar refractivity (Wildman–Crippen MR) is 86.6 cm³/mol. The zero-order valence-corrected chi connectivity index (χ0v) is 13.6. The van der Waals surface area contributed by atoms with E-state index in [0.717, 1.165) is 12.1 Å². The van der Waals surface area contributed by atoms with Crippen LogP contribution in [-0.4, -0.2) is 33.4 Å². The molecule has 1 heterocycles. The molecule has 0 bridgehead atoms. The molecule has 0 aliphatic rings. The fourth-order valence-electron chi connectivity index (χ4n) is 2.09. The lowest BCUT2D eigenvalue weighted by atomic mass is 10.0. The molecule has 1 N–H and O–H groups in total. The molecule has 0 radical (unpaired) electrons. The quantitative estimate of drug-likeness (QED) is 0.438. The minimum atomic E-state index is -4.48. The van der Waals surface area contributed by atoms with Crippen LogP contribution in [0.4, 0.5) is 13.2 Å². The van der Waals surface area contributed by atoms with Gasteiger partial charge in [-0.2, -0.15) is 13.2 Å². The average Bonchev–Trinajstić information content (AvgIpc) is 2.61. The third-order valence-electron chi connectivity index (χ3n) is 3.33. The van der Waals surface area contributed by atoms with Gasteiger partial charge < -0.3 is 9.94 Å². The molecule has 26 heavy (non-hydrogen) atoms. The van der Waals surface area contributed by atoms with Crippen LogP contribution in [0.2, 0.25) is 0 Å². The summed E-state index contributed by atoms with van der Waals surface area (Å²) in [5.41, 5.74) is -0.0338. The van der Waals surface area contributed by atoms with Crippen LogP contribution in [0.3, 0.4) is 0 Å². The van der Waals surface area contributed by atoms with Crippen LogP contribution in [0.25, 0.3) is 0 Å². The van der Waals surface area contributed by atoms with Crippen molar-refractivity contribution < 1.29 is 27.9 Å². The number of alkyl halides is 3. The maximum Gasteiger partial charge on any atom is 0.416 e. The number of carboxylic acid groups (broad SMARTS) is 1. The summed E-state index contributed by atoms with van der Waals surface area (Å²) in [5.74, 6) is -0.903. The van der Waals surface area contributed by atoms with Crippen molar-refractivity contribution in [2.45, 2.75) is 25.4 Å². The van der Waals surface area contributed by atoms with Crippen molar-refractivity contribution in [3.05, 3.63) is 59.7 Å². The van der Waals surface area contributed by atoms with Crippen LogP contribution < -0.4 is 0 Å². The first-order chi connectivity index (χ1) is 12.4. The van der Waals surface area contributed by atoms with Gasteiger partial charge in [-0.1, -0.05) is 17.3 Å². The summed E-state index contributed by atoms with van der Waals surface area (Å²) in [5, 5.41) is 12.5. The molecule has 9 heteroatoms. The molecule has 0 spiro atoms. The molecule has 0 aliphatic carbocycles. The summed E-state index contributed by atoms with van der Waals surface area (Å²) >= 11 is 0. The number of aliphatic carboxylic acids is 1. The van der Waals surface area contributed by atoms with Gasteiger partial charge >= 0.3 is 12.1 Å². The molecule has 6 nitrogen and oxygen atoms in total. The third kappa shape index (κ3) is 5.83. The first-order valence-electron chi connectivity index (χ1n) is 7.72. The van der Waals surface area contributed by atoms with Crippen LogP contribution in [-0.2, 0) is 15.8 Å². The lowest BCUT2D eigenvalue weighted by molar-refractivity contribution is -0.138. The second-order valence-electron chi connectivity index (χ2n) is 5.33. The summed E-state index contributed by atoms with van der Waals surface area (Å²) in [6.45, 7) is 0.142. The van der Waals surface area contributed by atoms with E-state index in [0.29, 0.717) is 18.4 Å². The zero-order valence-electron chi connectivity index (χ0n) is 13.6. The van der Waals surface area contributed by atoms with E-state index in [2.05, 4.69) is 15.1 Å². The van der Waals surface area contributed by atoms with Gasteiger partial charge in [-0.3, -0.25) is 4.79 Å². The van der Waals surface area contributed by atoms with Crippen molar-refractivity contribution >= 4 is 11.7 Å². The zero-order chi connectivity index (χ0) is 19.0. The van der Waals surface area contributed by atoms with Gasteiger partial charge in [0.1, 0.15) is 18.6 Å². The molecule has 1 aromatic heterocycles. The number of hydrogen-bond donors (Lipinski definition) is 1. The topological polar surface area (TPSA) is 84.7 Å². The SMILES string of the molecule is O=C(O)CCCCO/N=C(\c1cncnc1)c1cccc(C(F)(F)F)c1. The van der Waals surface area contributed by atoms with Crippen molar-refractivity contribution in [2.24, 2.45) is 5.16 Å². The van der Waals surface area contributed by atoms with E-state index in [1.807, 2.05) is 0 Å². The molecule has 2 rings (SSSR count). The first kappa shape index (κ1) is 19.4. The number of aromatic nitrogens is 2. The van der Waals surface area contributed by atoms with Crippen molar-refractivity contribution in [2.75, 3.05) is 6.61 Å². The van der Waals surface area contributed by atoms with E-state index in [9.17, 15) is 18.0 Å². The van der Waals surface area contributed by atoms with Gasteiger partial charge in [0.05, 0.1) is 5.56 Å². The Hall–Kier alpha value is -2.97. The van der Waals surface area contributed by atoms with E-state index in [1.54, 1.807) is 0 Å². The Morgan fingerprint density at radius 1 is 1.15 bits per heavy atom. The average molecular weight is 367 g/mol. The number of carbonyl (C=O) groups is 1. The van der Waals surface area contributed by atoms with Gasteiger partial charge in [-0.25, -0.2) is 9.97 Å². The molecular formula is C17H16F3N3O3. The van der Waals surface area contributed by atoms with E-state index in [4.69, 9.17) is 9.94 Å². The molecule has 1 aromatic carbocycles. The highest BCUT2D eigenvalue weighted by Gasteiger charge is 2.30. The fourth-order valence-corrected chi connectivity index (χ4v) is 2.09. The number of rotatable bonds is 8. The van der Waals surface area contributed by atoms with E-state index in [-0.39, 0.29) is 24.3 Å². The van der Waals surface area contributed by atoms with Gasteiger partial charge in [-0.05, 0) is 25.0 Å². The summed E-state index contributed by atoms with van der Waals surface area (Å²) in [7, 11) is 0. The summed E-state index contributed by atoms with van der Waals surface area (Å²) in [6.07, 6.45) is 0.529. The fraction of sp³-hybridized carbons (Fsp3) is 0.294. The van der Waals surface area contributed by atoms with Crippen LogP contribution in [0, 0.1) is 0 Å². The van der Waals surface area contributed by atoms with Crippen LogP contribution >= 0.6 is 0 Å². The van der Waals surface area contributed by atoms with E-state index in [1.165, 1.54) is 30.9 Å². The van der Waals surface area contributed by atoms with Crippen molar-refractivity contribution in [3.8, 4) is 0 Å². The standard InChI is InChI=1S/C17H16F3N3O3/c18-17(19,20)14-5-3-4-12(8-14)16(13-9-21-11-22-10-13)23-26-7-2-1-6-15(24)25/h3-5,8-11H,1-2,6-7H2,(H,24,25)/b23-16-. The minimum Gasteiger partial charge on any atom is -0.481 e. The molecule has 2 aromatic rings. The Bertz CT molecular complexity index is 765. The number of unbranched alkanes of at least 4 members (excludes halogenated alkanes) is 1. The maximum absolute atomic E-state index is 12.9. The monoisotopic (exact) mass is 367 g/mol. The van der Waals surface area contributed by atoms with Crippen LogP contribution in [0.5, 0.6) is 0 Å². The number of nitrogens with zero attached hydrogens (tertiary/aromatic N) is 3. The molecule has 0 atom stereocenters. The highest BCUT2D eigenvalue weighted by Crippen LogP contribution is 2.30. The van der Waals surface area contributed by atoms with Crippen LogP contribution in [0.15, 0.2) is 48.1 Å². The summed E-state index contributed by atoms with van der Waals surface area (Å²) < 4.78 is 38.8. The Kier molecular flexibility index (Phi) is 6.65. The lowest BCUT2D eigenvalue weighted by Gasteiger charge is -2.10. The number of hydrogen-bond acceptors (Lipinski definition) is 5. The van der Waals surface area contributed by atoms with Crippen LogP contribution in [0.1, 0.15) is 36.0 Å². The molecule has 0 amide bonds. The second-order valence-corrected chi connectivity index (χ2v) is 5.33. The molecule has 0 aliphatic heterocycles. The van der Waals surface area contributed by atoms with Crippen molar-refractivity contribution in [1.29, 1.82) is 0 Å². The van der Waals surface area contributed by atoms with Gasteiger partial charge in [-0.15, -0.1) is 0 Å². The van der Waals surface area contributed by atoms with Gasteiger partial charge in [0, 0.05) is 29.9 Å². The molecule has 0 unspecified atom stereocenters. The Labute approximate surface area is 147 Å². The third-order valence-corrected chi connectivity index (χ3v) is 3.33. The maximum atomic E-state index is 12.9. The van der Waals surface area contributed by atoms with Gasteiger partial charge in [0.25, 0.3) is 0 Å². The Morgan fingerprint density at radius 3 is 2.54 bits per heavy atom. The Morgan fingerprint density at radius 2 is 1.88 bits per heavy atom. The van der Waals surface area contributed by atoms with Gasteiger partial charge in [0.2, 0.25) is 0 Å². The van der Waals surface area contributed by atoms with Gasteiger partial charge in [0.15, 0.2) is 0 Å². The number of oxime groups is 1. The van der Waals surface area contributed by atoms with Crippen molar-refractivity contribution in [3.63, 3.8) is 0 Å². The predicted octanol–water partition coefficient (Wildman–Crippen LogP) is 3.52. The smallest absolute Gasteiger partial charge is 0.416 e. The molecule has 138 valence electrons. The second kappa shape index (κ2) is 8.93. The number of halogens is 3.